The molecule has 0 unspecified atom stereocenters. The lowest BCUT2D eigenvalue weighted by atomic mass is 9.49. The highest BCUT2D eigenvalue weighted by Gasteiger charge is 2.53. The molecule has 34 heavy (non-hydrogen) atoms. The van der Waals surface area contributed by atoms with Crippen molar-refractivity contribution in [2.45, 2.75) is 43.9 Å². The van der Waals surface area contributed by atoms with Crippen LogP contribution in [0, 0.1) is 17.8 Å². The Morgan fingerprint density at radius 3 is 2.26 bits per heavy atom. The van der Waals surface area contributed by atoms with Gasteiger partial charge in [-0.25, -0.2) is 13.2 Å². The lowest BCUT2D eigenvalue weighted by Crippen LogP contribution is -2.49. The lowest BCUT2D eigenvalue weighted by Gasteiger charge is -2.55. The second-order valence-electron chi connectivity index (χ2n) is 9.42. The first-order valence-electron chi connectivity index (χ1n) is 10.9. The molecule has 4 fully saturated rings. The van der Waals surface area contributed by atoms with Gasteiger partial charge in [-0.3, -0.25) is 5.32 Å². The smallest absolute Gasteiger partial charge is 0.341 e. The Morgan fingerprint density at radius 1 is 1.12 bits per heavy atom. The zero-order valence-electron chi connectivity index (χ0n) is 18.2. The van der Waals surface area contributed by atoms with Crippen molar-refractivity contribution >= 4 is 51.2 Å². The molecule has 4 saturated carbocycles. The third-order valence-corrected chi connectivity index (χ3v) is 8.41. The number of methoxy groups -OCH3 is 1. The summed E-state index contributed by atoms with van der Waals surface area (Å²) in [6.07, 6.45) is 6.55. The van der Waals surface area contributed by atoms with Crippen LogP contribution in [0.25, 0.3) is 0 Å². The molecule has 1 heterocycles. The van der Waals surface area contributed by atoms with Gasteiger partial charge in [0.1, 0.15) is 5.82 Å². The molecule has 1 aromatic heterocycles. The van der Waals surface area contributed by atoms with E-state index in [1.54, 1.807) is 0 Å². The van der Waals surface area contributed by atoms with E-state index in [-0.39, 0.29) is 37.4 Å². The summed E-state index contributed by atoms with van der Waals surface area (Å²) in [5.41, 5.74) is -0.574. The first kappa shape index (κ1) is 23.5. The number of ether oxygens (including phenoxy) is 1. The van der Waals surface area contributed by atoms with E-state index >= 15 is 0 Å². The number of nitrogens with zero attached hydrogens (tertiary/aromatic N) is 4. The topological polar surface area (TPSA) is 137 Å². The number of anilines is 2. The molecule has 2 aromatic rings. The van der Waals surface area contributed by atoms with Gasteiger partial charge in [-0.2, -0.15) is 19.3 Å². The third kappa shape index (κ3) is 4.30. The highest BCUT2D eigenvalue weighted by molar-refractivity contribution is 7.88. The maximum atomic E-state index is 13.0. The molecule has 4 aliphatic carbocycles. The van der Waals surface area contributed by atoms with Gasteiger partial charge in [0.25, 0.3) is 0 Å². The average Bonchev–Trinajstić information content (AvgIpc) is 2.73. The number of nitrogens with one attached hydrogen (secondary N) is 1. The van der Waals surface area contributed by atoms with E-state index in [1.165, 1.54) is 38.5 Å². The van der Waals surface area contributed by atoms with Crippen LogP contribution >= 0.6 is 23.2 Å². The summed E-state index contributed by atoms with van der Waals surface area (Å²) >= 11 is 11.9. The van der Waals surface area contributed by atoms with E-state index < -0.39 is 16.3 Å². The molecule has 0 radical (unpaired) electrons. The fourth-order valence-electron chi connectivity index (χ4n) is 6.25. The molecule has 10 nitrogen and oxygen atoms in total. The number of carbonyl (C=O) groups is 1. The summed E-state index contributed by atoms with van der Waals surface area (Å²) in [6.45, 7) is 0. The SMILES string of the molecule is COc1nc(NC(=O)N(c2ccc(Cl)cc2Cl)S(=O)(=O)[O-])nc(C23CC4CC(CC(C4)C2)C3)n1. The van der Waals surface area contributed by atoms with Crippen LogP contribution in [0.1, 0.15) is 44.3 Å². The van der Waals surface area contributed by atoms with Crippen LogP contribution in [0.3, 0.4) is 0 Å². The predicted octanol–water partition coefficient (Wildman–Crippen LogP) is 4.15. The minimum atomic E-state index is -5.29. The lowest BCUT2D eigenvalue weighted by molar-refractivity contribution is -0.00970. The number of aromatic nitrogens is 3. The Balaban J connectivity index is 1.49. The minimum absolute atomic E-state index is 0.00268. The van der Waals surface area contributed by atoms with E-state index in [0.29, 0.717) is 23.6 Å². The van der Waals surface area contributed by atoms with Crippen molar-refractivity contribution in [2.75, 3.05) is 16.7 Å². The van der Waals surface area contributed by atoms with Gasteiger partial charge in [0.05, 0.1) is 17.8 Å². The van der Waals surface area contributed by atoms with Crippen molar-refractivity contribution < 1.29 is 22.5 Å². The molecule has 0 spiro atoms. The number of benzene rings is 1. The van der Waals surface area contributed by atoms with Crippen LogP contribution in [-0.2, 0) is 15.7 Å². The summed E-state index contributed by atoms with van der Waals surface area (Å²) in [5, 5.41) is 2.33. The Morgan fingerprint density at radius 2 is 1.74 bits per heavy atom. The molecule has 13 heteroatoms. The second kappa shape index (κ2) is 8.47. The van der Waals surface area contributed by atoms with Crippen molar-refractivity contribution in [3.63, 3.8) is 0 Å². The van der Waals surface area contributed by atoms with Gasteiger partial charge in [-0.15, -0.1) is 0 Å². The van der Waals surface area contributed by atoms with Crippen molar-refractivity contribution in [1.82, 2.24) is 15.0 Å². The number of rotatable bonds is 5. The second-order valence-corrected chi connectivity index (χ2v) is 11.5. The standard InChI is InChI=1S/C21H23Cl2N5O5S/c1-33-19-25-17(21-8-11-4-12(9-21)6-13(5-11)10-21)24-18(26-19)27-20(29)28(34(30,31)32)16-3-2-14(22)7-15(16)23/h2-3,7,11-13H,4-6,8-10H2,1H3,(H,30,31,32)(H,24,25,26,27,29)/p-1. The van der Waals surface area contributed by atoms with Crippen molar-refractivity contribution in [2.24, 2.45) is 17.8 Å². The molecule has 0 atom stereocenters. The molecule has 182 valence electrons. The minimum Gasteiger partial charge on any atom is -0.730 e. The maximum Gasteiger partial charge on any atom is 0.341 e. The van der Waals surface area contributed by atoms with Crippen LogP contribution in [0.15, 0.2) is 18.2 Å². The molecule has 4 aliphatic rings. The summed E-state index contributed by atoms with van der Waals surface area (Å²) in [4.78, 5) is 26.0. The molecule has 0 saturated heterocycles. The molecule has 6 rings (SSSR count). The number of carbonyl (C=O) groups excluding carboxylic acids is 1. The molecule has 4 bridgehead atoms. The molecule has 0 aliphatic heterocycles. The first-order valence-corrected chi connectivity index (χ1v) is 13.0. The highest BCUT2D eigenvalue weighted by Crippen LogP contribution is 2.60. The maximum absolute atomic E-state index is 13.0. The number of hydrogen-bond acceptors (Lipinski definition) is 8. The quantitative estimate of drug-likeness (QED) is 0.573. The van der Waals surface area contributed by atoms with E-state index in [2.05, 4.69) is 20.3 Å². The van der Waals surface area contributed by atoms with Crippen LogP contribution in [0.4, 0.5) is 16.4 Å². The monoisotopic (exact) mass is 526 g/mol. The number of halogens is 2. The van der Waals surface area contributed by atoms with Gasteiger partial charge in [-0.1, -0.05) is 23.2 Å². The Hall–Kier alpha value is -2.21. The molecule has 1 aromatic carbocycles. The van der Waals surface area contributed by atoms with Crippen LogP contribution in [0.2, 0.25) is 10.0 Å². The van der Waals surface area contributed by atoms with E-state index in [4.69, 9.17) is 27.9 Å². The summed E-state index contributed by atoms with van der Waals surface area (Å²) < 4.78 is 41.1. The number of amides is 2. The van der Waals surface area contributed by atoms with Crippen molar-refractivity contribution in [1.29, 1.82) is 0 Å². The predicted molar refractivity (Wildman–Crippen MR) is 124 cm³/mol. The zero-order chi connectivity index (χ0) is 24.3. The van der Waals surface area contributed by atoms with Crippen molar-refractivity contribution in [3.8, 4) is 6.01 Å². The number of urea groups is 1. The van der Waals surface area contributed by atoms with Crippen LogP contribution in [0.5, 0.6) is 6.01 Å². The van der Waals surface area contributed by atoms with Gasteiger partial charge in [0.15, 0.2) is 10.3 Å². The fraction of sp³-hybridized carbons (Fsp3) is 0.524. The molecular weight excluding hydrogens is 505 g/mol. The molecule has 1 N–H and O–H groups in total. The summed E-state index contributed by atoms with van der Waals surface area (Å²) in [7, 11) is -3.90. The molecular formula is C21H22Cl2N5O5S-. The fourth-order valence-corrected chi connectivity index (χ4v) is 7.44. The zero-order valence-corrected chi connectivity index (χ0v) is 20.5. The Bertz CT molecular complexity index is 1220. The summed E-state index contributed by atoms with van der Waals surface area (Å²) in [6, 6.07) is 2.40. The van der Waals surface area contributed by atoms with Gasteiger partial charge in [0, 0.05) is 10.4 Å². The first-order chi connectivity index (χ1) is 16.1. The van der Waals surface area contributed by atoms with Gasteiger partial charge in [0.2, 0.25) is 5.95 Å². The molecule has 2 amide bonds. The van der Waals surface area contributed by atoms with Gasteiger partial charge in [-0.05, 0) is 74.5 Å². The van der Waals surface area contributed by atoms with E-state index in [0.717, 1.165) is 25.3 Å². The summed E-state index contributed by atoms with van der Waals surface area (Å²) in [5.74, 6) is 2.19. The van der Waals surface area contributed by atoms with Crippen LogP contribution < -0.4 is 14.4 Å². The number of hydrogen-bond donors (Lipinski definition) is 1. The Kier molecular flexibility index (Phi) is 5.86. The third-order valence-electron chi connectivity index (χ3n) is 7.07. The highest BCUT2D eigenvalue weighted by atomic mass is 35.5. The normalized spacial score (nSPS) is 27.5. The largest absolute Gasteiger partial charge is 0.730 e. The van der Waals surface area contributed by atoms with Gasteiger partial charge < -0.3 is 9.29 Å². The van der Waals surface area contributed by atoms with E-state index in [9.17, 15) is 17.8 Å². The van der Waals surface area contributed by atoms with E-state index in [1.807, 2.05) is 0 Å². The van der Waals surface area contributed by atoms with Crippen molar-refractivity contribution in [3.05, 3.63) is 34.1 Å². The Labute approximate surface area is 206 Å². The average molecular weight is 527 g/mol. The van der Waals surface area contributed by atoms with Gasteiger partial charge >= 0.3 is 12.0 Å². The van der Waals surface area contributed by atoms with Crippen LogP contribution in [-0.4, -0.2) is 41.1 Å².